The van der Waals surface area contributed by atoms with Crippen LogP contribution in [0.15, 0.2) is 41.6 Å². The molecule has 2 heterocycles. The number of anilines is 1. The first-order valence-electron chi connectivity index (χ1n) is 7.66. The van der Waals surface area contributed by atoms with Crippen LogP contribution in [0.5, 0.6) is 0 Å². The van der Waals surface area contributed by atoms with Gasteiger partial charge in [-0.1, -0.05) is 19.1 Å². The van der Waals surface area contributed by atoms with Gasteiger partial charge in [0.15, 0.2) is 9.84 Å². The lowest BCUT2D eigenvalue weighted by Crippen LogP contribution is -2.32. The number of rotatable bonds is 4. The molecule has 3 rings (SSSR count). The molecule has 0 saturated carbocycles. The Hall–Kier alpha value is -1.82. The third-order valence-corrected chi connectivity index (χ3v) is 6.19. The molecule has 0 amide bonds. The highest BCUT2D eigenvalue weighted by atomic mass is 32.2. The predicted molar refractivity (Wildman–Crippen MR) is 86.9 cm³/mol. The standard InChI is InChI=1S/C16H21N3O2S/c1-2-22(20,21)16-5-3-13(4-6-16)14-7-9-19(10-8-14)15-11-17-18-12-15/h3-6,11-12,14H,2,7-10H2,1H3,(H,17,18). The minimum absolute atomic E-state index is 0.148. The maximum absolute atomic E-state index is 11.8. The molecule has 1 fully saturated rings. The third-order valence-electron chi connectivity index (χ3n) is 4.43. The Bertz CT molecular complexity index is 700. The summed E-state index contributed by atoms with van der Waals surface area (Å²) in [6.07, 6.45) is 5.92. The van der Waals surface area contributed by atoms with Crippen LogP contribution in [0.2, 0.25) is 0 Å². The summed E-state index contributed by atoms with van der Waals surface area (Å²) in [4.78, 5) is 2.75. The Morgan fingerprint density at radius 1 is 1.23 bits per heavy atom. The quantitative estimate of drug-likeness (QED) is 0.940. The Balaban J connectivity index is 1.66. The minimum Gasteiger partial charge on any atom is -0.369 e. The van der Waals surface area contributed by atoms with Gasteiger partial charge in [-0.3, -0.25) is 5.10 Å². The van der Waals surface area contributed by atoms with E-state index in [1.807, 2.05) is 24.5 Å². The molecule has 0 spiro atoms. The molecule has 0 radical (unpaired) electrons. The molecule has 1 aliphatic rings. The Morgan fingerprint density at radius 2 is 1.91 bits per heavy atom. The molecular formula is C16H21N3O2S. The molecule has 118 valence electrons. The van der Waals surface area contributed by atoms with Gasteiger partial charge >= 0.3 is 0 Å². The lowest BCUT2D eigenvalue weighted by molar-refractivity contribution is 0.505. The SMILES string of the molecule is CCS(=O)(=O)c1ccc(C2CCN(c3cn[nH]c3)CC2)cc1. The zero-order valence-corrected chi connectivity index (χ0v) is 13.5. The molecule has 0 aliphatic carbocycles. The van der Waals surface area contributed by atoms with E-state index >= 15 is 0 Å². The number of nitrogens with zero attached hydrogens (tertiary/aromatic N) is 2. The van der Waals surface area contributed by atoms with Crippen LogP contribution in [0.1, 0.15) is 31.2 Å². The maximum atomic E-state index is 11.8. The van der Waals surface area contributed by atoms with Gasteiger partial charge in [0.25, 0.3) is 0 Å². The highest BCUT2D eigenvalue weighted by Crippen LogP contribution is 2.30. The highest BCUT2D eigenvalue weighted by molar-refractivity contribution is 7.91. The summed E-state index contributed by atoms with van der Waals surface area (Å²) in [5, 5.41) is 6.84. The van der Waals surface area contributed by atoms with Crippen LogP contribution < -0.4 is 4.90 Å². The molecule has 1 N–H and O–H groups in total. The molecule has 1 aromatic carbocycles. The summed E-state index contributed by atoms with van der Waals surface area (Å²) in [6, 6.07) is 7.44. The van der Waals surface area contributed by atoms with Crippen LogP contribution in [-0.2, 0) is 9.84 Å². The number of aromatic nitrogens is 2. The van der Waals surface area contributed by atoms with E-state index in [-0.39, 0.29) is 5.75 Å². The van der Waals surface area contributed by atoms with Crippen molar-refractivity contribution < 1.29 is 8.42 Å². The molecule has 2 aromatic rings. The largest absolute Gasteiger partial charge is 0.369 e. The van der Waals surface area contributed by atoms with Crippen molar-refractivity contribution in [1.29, 1.82) is 0 Å². The van der Waals surface area contributed by atoms with E-state index in [2.05, 4.69) is 15.1 Å². The van der Waals surface area contributed by atoms with Crippen LogP contribution in [0, 0.1) is 0 Å². The summed E-state index contributed by atoms with van der Waals surface area (Å²) in [5.74, 6) is 0.650. The number of sulfone groups is 1. The molecule has 0 unspecified atom stereocenters. The first kappa shape index (κ1) is 15.1. The zero-order valence-electron chi connectivity index (χ0n) is 12.7. The number of piperidine rings is 1. The van der Waals surface area contributed by atoms with Crippen molar-refractivity contribution in [2.24, 2.45) is 0 Å². The van der Waals surface area contributed by atoms with Crippen LogP contribution in [0.4, 0.5) is 5.69 Å². The average molecular weight is 319 g/mol. The van der Waals surface area contributed by atoms with Crippen LogP contribution in [-0.4, -0.2) is 37.5 Å². The summed E-state index contributed by atoms with van der Waals surface area (Å²) in [5.41, 5.74) is 2.38. The van der Waals surface area contributed by atoms with E-state index in [0.717, 1.165) is 31.6 Å². The molecule has 5 nitrogen and oxygen atoms in total. The Kier molecular flexibility index (Phi) is 4.20. The van der Waals surface area contributed by atoms with Gasteiger partial charge in [0.2, 0.25) is 0 Å². The smallest absolute Gasteiger partial charge is 0.178 e. The summed E-state index contributed by atoms with van der Waals surface area (Å²) in [6.45, 7) is 3.67. The van der Waals surface area contributed by atoms with Crippen molar-refractivity contribution in [2.45, 2.75) is 30.6 Å². The minimum atomic E-state index is -3.10. The van der Waals surface area contributed by atoms with Gasteiger partial charge in [0.05, 0.1) is 22.5 Å². The van der Waals surface area contributed by atoms with E-state index in [1.165, 1.54) is 5.56 Å². The number of nitrogens with one attached hydrogen (secondary N) is 1. The van der Waals surface area contributed by atoms with Gasteiger partial charge in [-0.15, -0.1) is 0 Å². The second-order valence-electron chi connectivity index (χ2n) is 5.69. The molecule has 22 heavy (non-hydrogen) atoms. The topological polar surface area (TPSA) is 66.1 Å². The number of H-pyrrole nitrogens is 1. The lowest BCUT2D eigenvalue weighted by Gasteiger charge is -2.32. The molecule has 6 heteroatoms. The highest BCUT2D eigenvalue weighted by Gasteiger charge is 2.21. The molecule has 1 aliphatic heterocycles. The lowest BCUT2D eigenvalue weighted by atomic mass is 9.89. The van der Waals surface area contributed by atoms with E-state index in [4.69, 9.17) is 0 Å². The van der Waals surface area contributed by atoms with Crippen molar-refractivity contribution in [3.05, 3.63) is 42.2 Å². The average Bonchev–Trinajstić information content (AvgIpc) is 3.10. The fourth-order valence-electron chi connectivity index (χ4n) is 3.00. The normalized spacial score (nSPS) is 16.9. The van der Waals surface area contributed by atoms with Crippen LogP contribution in [0.3, 0.4) is 0 Å². The first-order valence-corrected chi connectivity index (χ1v) is 9.32. The van der Waals surface area contributed by atoms with Crippen molar-refractivity contribution >= 4 is 15.5 Å². The summed E-state index contributed by atoms with van der Waals surface area (Å²) < 4.78 is 23.7. The van der Waals surface area contributed by atoms with Gasteiger partial charge in [0, 0.05) is 19.3 Å². The van der Waals surface area contributed by atoms with Crippen LogP contribution >= 0.6 is 0 Å². The van der Waals surface area contributed by atoms with E-state index in [1.54, 1.807) is 19.1 Å². The summed E-state index contributed by atoms with van der Waals surface area (Å²) in [7, 11) is -3.10. The van der Waals surface area contributed by atoms with Crippen molar-refractivity contribution in [2.75, 3.05) is 23.7 Å². The monoisotopic (exact) mass is 319 g/mol. The van der Waals surface area contributed by atoms with Gasteiger partial charge in [0.1, 0.15) is 0 Å². The number of aromatic amines is 1. The number of benzene rings is 1. The Labute approximate surface area is 131 Å². The third kappa shape index (κ3) is 3.02. The van der Waals surface area contributed by atoms with Gasteiger partial charge in [-0.05, 0) is 36.5 Å². The fourth-order valence-corrected chi connectivity index (χ4v) is 3.89. The van der Waals surface area contributed by atoms with E-state index in [0.29, 0.717) is 10.8 Å². The van der Waals surface area contributed by atoms with Crippen molar-refractivity contribution in [3.8, 4) is 0 Å². The molecule has 0 atom stereocenters. The van der Waals surface area contributed by atoms with Crippen LogP contribution in [0.25, 0.3) is 0 Å². The summed E-state index contributed by atoms with van der Waals surface area (Å²) >= 11 is 0. The molecular weight excluding hydrogens is 298 g/mol. The molecule has 0 bridgehead atoms. The number of hydrogen-bond acceptors (Lipinski definition) is 4. The van der Waals surface area contributed by atoms with E-state index < -0.39 is 9.84 Å². The van der Waals surface area contributed by atoms with E-state index in [9.17, 15) is 8.42 Å². The second kappa shape index (κ2) is 6.12. The fraction of sp³-hybridized carbons (Fsp3) is 0.438. The van der Waals surface area contributed by atoms with Gasteiger partial charge in [-0.25, -0.2) is 8.42 Å². The predicted octanol–water partition coefficient (Wildman–Crippen LogP) is 2.59. The van der Waals surface area contributed by atoms with Crippen molar-refractivity contribution in [3.63, 3.8) is 0 Å². The molecule has 1 aromatic heterocycles. The first-order chi connectivity index (χ1) is 10.6. The number of hydrogen-bond donors (Lipinski definition) is 1. The van der Waals surface area contributed by atoms with Gasteiger partial charge in [-0.2, -0.15) is 5.10 Å². The zero-order chi connectivity index (χ0) is 15.6. The van der Waals surface area contributed by atoms with Crippen molar-refractivity contribution in [1.82, 2.24) is 10.2 Å². The maximum Gasteiger partial charge on any atom is 0.178 e. The molecule has 1 saturated heterocycles. The second-order valence-corrected chi connectivity index (χ2v) is 7.97. The van der Waals surface area contributed by atoms with Gasteiger partial charge < -0.3 is 4.90 Å². The Morgan fingerprint density at radius 3 is 2.45 bits per heavy atom.